The van der Waals surface area contributed by atoms with E-state index in [1.807, 2.05) is 18.2 Å². The van der Waals surface area contributed by atoms with Crippen molar-refractivity contribution >= 4 is 28.2 Å². The average Bonchev–Trinajstić information content (AvgIpc) is 3.09. The number of nitrogens with two attached hydrogens (primary N) is 1. The number of rotatable bonds is 8. The van der Waals surface area contributed by atoms with E-state index in [1.165, 1.54) is 17.5 Å². The first-order valence-electron chi connectivity index (χ1n) is 7.66. The number of nitrogens with one attached hydrogen (secondary N) is 2. The van der Waals surface area contributed by atoms with E-state index in [9.17, 15) is 4.79 Å². The summed E-state index contributed by atoms with van der Waals surface area (Å²) in [5, 5.41) is 7.73. The molecular weight excluding hydrogens is 338 g/mol. The van der Waals surface area contributed by atoms with Crippen molar-refractivity contribution in [3.63, 3.8) is 0 Å². The van der Waals surface area contributed by atoms with Gasteiger partial charge in [0.15, 0.2) is 0 Å². The van der Waals surface area contributed by atoms with E-state index in [2.05, 4.69) is 27.2 Å². The van der Waals surface area contributed by atoms with Crippen LogP contribution in [0, 0.1) is 5.92 Å². The van der Waals surface area contributed by atoms with Crippen molar-refractivity contribution in [3.8, 4) is 0 Å². The number of aromatic nitrogens is 1. The SMILES string of the molecule is C=CNC=CC(N)=Nc1nc(C(=O)NCC2C=CC(OC)=CC2)cs1. The normalized spacial score (nSPS) is 17.2. The van der Waals surface area contributed by atoms with Crippen LogP contribution in [0.2, 0.25) is 0 Å². The van der Waals surface area contributed by atoms with Crippen LogP contribution in [0.5, 0.6) is 0 Å². The molecule has 0 fully saturated rings. The zero-order valence-corrected chi connectivity index (χ0v) is 14.8. The Morgan fingerprint density at radius 1 is 1.64 bits per heavy atom. The Balaban J connectivity index is 1.86. The summed E-state index contributed by atoms with van der Waals surface area (Å²) in [5.74, 6) is 1.15. The number of methoxy groups -OCH3 is 1. The van der Waals surface area contributed by atoms with Crippen molar-refractivity contribution in [1.29, 1.82) is 0 Å². The van der Waals surface area contributed by atoms with Crippen molar-refractivity contribution in [3.05, 3.63) is 60.1 Å². The first-order valence-corrected chi connectivity index (χ1v) is 8.54. The molecule has 25 heavy (non-hydrogen) atoms. The largest absolute Gasteiger partial charge is 0.497 e. The predicted octanol–water partition coefficient (Wildman–Crippen LogP) is 2.21. The molecule has 0 aromatic carbocycles. The van der Waals surface area contributed by atoms with Crippen LogP contribution in [0.25, 0.3) is 0 Å². The van der Waals surface area contributed by atoms with E-state index in [-0.39, 0.29) is 17.7 Å². The lowest BCUT2D eigenvalue weighted by Crippen LogP contribution is -2.29. The molecule has 132 valence electrons. The number of amidine groups is 1. The summed E-state index contributed by atoms with van der Waals surface area (Å²) in [6, 6.07) is 0. The number of nitrogens with zero attached hydrogens (tertiary/aromatic N) is 2. The molecule has 8 heteroatoms. The molecule has 0 saturated heterocycles. The third kappa shape index (κ3) is 5.92. The molecule has 1 amide bonds. The molecule has 0 saturated carbocycles. The molecule has 0 aliphatic heterocycles. The molecule has 0 bridgehead atoms. The number of allylic oxidation sites excluding steroid dienone is 2. The number of carbonyl (C=O) groups excluding carboxylic acids is 1. The molecule has 1 aromatic heterocycles. The minimum Gasteiger partial charge on any atom is -0.497 e. The van der Waals surface area contributed by atoms with E-state index in [1.54, 1.807) is 24.8 Å². The average molecular weight is 359 g/mol. The van der Waals surface area contributed by atoms with Crippen molar-refractivity contribution in [2.24, 2.45) is 16.6 Å². The molecular formula is C17H21N5O2S. The first kappa shape index (κ1) is 18.5. The highest BCUT2D eigenvalue weighted by atomic mass is 32.1. The summed E-state index contributed by atoms with van der Waals surface area (Å²) in [7, 11) is 1.64. The van der Waals surface area contributed by atoms with Gasteiger partial charge in [-0.15, -0.1) is 11.3 Å². The van der Waals surface area contributed by atoms with Gasteiger partial charge >= 0.3 is 0 Å². The molecule has 4 N–H and O–H groups in total. The van der Waals surface area contributed by atoms with Crippen LogP contribution in [0.15, 0.2) is 59.4 Å². The molecule has 2 rings (SSSR count). The minimum absolute atomic E-state index is 0.227. The summed E-state index contributed by atoms with van der Waals surface area (Å²) in [5.41, 5.74) is 6.07. The van der Waals surface area contributed by atoms with Gasteiger partial charge in [0, 0.05) is 18.1 Å². The monoisotopic (exact) mass is 359 g/mol. The predicted molar refractivity (Wildman–Crippen MR) is 101 cm³/mol. The molecule has 1 aromatic rings. The van der Waals surface area contributed by atoms with E-state index < -0.39 is 0 Å². The van der Waals surface area contributed by atoms with E-state index >= 15 is 0 Å². The van der Waals surface area contributed by atoms with Crippen LogP contribution in [0.3, 0.4) is 0 Å². The van der Waals surface area contributed by atoms with Crippen LogP contribution >= 0.6 is 11.3 Å². The Morgan fingerprint density at radius 2 is 2.48 bits per heavy atom. The van der Waals surface area contributed by atoms with Gasteiger partial charge in [-0.2, -0.15) is 0 Å². The van der Waals surface area contributed by atoms with Crippen LogP contribution in [0.4, 0.5) is 5.13 Å². The highest BCUT2D eigenvalue weighted by Crippen LogP contribution is 2.19. The summed E-state index contributed by atoms with van der Waals surface area (Å²) < 4.78 is 5.14. The Labute approximate surface area is 150 Å². The maximum absolute atomic E-state index is 12.2. The van der Waals surface area contributed by atoms with Gasteiger partial charge in [0.2, 0.25) is 5.13 Å². The fraction of sp³-hybridized carbons (Fsp3) is 0.235. The Kier molecular flexibility index (Phi) is 6.97. The maximum Gasteiger partial charge on any atom is 0.270 e. The molecule has 7 nitrogen and oxygen atoms in total. The molecule has 1 aliphatic carbocycles. The molecule has 1 atom stereocenters. The number of ether oxygens (including phenoxy) is 1. The van der Waals surface area contributed by atoms with E-state index in [0.717, 1.165) is 12.2 Å². The fourth-order valence-electron chi connectivity index (χ4n) is 2.03. The van der Waals surface area contributed by atoms with Crippen molar-refractivity contribution in [1.82, 2.24) is 15.6 Å². The molecule has 1 unspecified atom stereocenters. The molecule has 1 aliphatic rings. The van der Waals surface area contributed by atoms with Gasteiger partial charge in [-0.3, -0.25) is 4.79 Å². The quantitative estimate of drug-likeness (QED) is 0.488. The van der Waals surface area contributed by atoms with Crippen molar-refractivity contribution in [2.75, 3.05) is 13.7 Å². The van der Waals surface area contributed by atoms with Crippen LogP contribution in [-0.2, 0) is 4.74 Å². The van der Waals surface area contributed by atoms with E-state index in [4.69, 9.17) is 10.5 Å². The third-order valence-electron chi connectivity index (χ3n) is 3.33. The third-order valence-corrected chi connectivity index (χ3v) is 4.07. The summed E-state index contributed by atoms with van der Waals surface area (Å²) in [6.07, 6.45) is 11.5. The lowest BCUT2D eigenvalue weighted by atomic mass is 10.00. The van der Waals surface area contributed by atoms with Crippen molar-refractivity contribution in [2.45, 2.75) is 6.42 Å². The van der Waals surface area contributed by atoms with Crippen molar-refractivity contribution < 1.29 is 9.53 Å². The number of thiazole rings is 1. The summed E-state index contributed by atoms with van der Waals surface area (Å²) >= 11 is 1.26. The van der Waals surface area contributed by atoms with Gasteiger partial charge in [-0.05, 0) is 36.8 Å². The zero-order chi connectivity index (χ0) is 18.1. The van der Waals surface area contributed by atoms with Gasteiger partial charge in [0.1, 0.15) is 17.3 Å². The Bertz CT molecular complexity index is 733. The number of hydrogen-bond donors (Lipinski definition) is 3. The fourth-order valence-corrected chi connectivity index (χ4v) is 2.72. The van der Waals surface area contributed by atoms with Gasteiger partial charge < -0.3 is 21.1 Å². The number of carbonyl (C=O) groups is 1. The topological polar surface area (TPSA) is 102 Å². The smallest absolute Gasteiger partial charge is 0.270 e. The Hall–Kier alpha value is -2.87. The Morgan fingerprint density at radius 3 is 3.16 bits per heavy atom. The highest BCUT2D eigenvalue weighted by Gasteiger charge is 2.14. The summed E-state index contributed by atoms with van der Waals surface area (Å²) in [6.45, 7) is 4.05. The number of amides is 1. The second-order valence-corrected chi connectivity index (χ2v) is 5.97. The van der Waals surface area contributed by atoms with Crippen LogP contribution in [-0.4, -0.2) is 30.4 Å². The van der Waals surface area contributed by atoms with E-state index in [0.29, 0.717) is 17.4 Å². The van der Waals surface area contributed by atoms with Gasteiger partial charge in [-0.1, -0.05) is 12.7 Å². The lowest BCUT2D eigenvalue weighted by Gasteiger charge is -2.15. The molecule has 1 heterocycles. The molecule has 0 spiro atoms. The highest BCUT2D eigenvalue weighted by molar-refractivity contribution is 7.13. The first-order chi connectivity index (χ1) is 12.1. The second kappa shape index (κ2) is 9.43. The lowest BCUT2D eigenvalue weighted by molar-refractivity contribution is 0.0945. The van der Waals surface area contributed by atoms with Gasteiger partial charge in [0.25, 0.3) is 5.91 Å². The van der Waals surface area contributed by atoms with Crippen LogP contribution in [0.1, 0.15) is 16.9 Å². The number of hydrogen-bond acceptors (Lipinski definition) is 6. The zero-order valence-electron chi connectivity index (χ0n) is 13.9. The maximum atomic E-state index is 12.2. The number of aliphatic imine (C=N–C) groups is 1. The van der Waals surface area contributed by atoms with Gasteiger partial charge in [0.05, 0.1) is 7.11 Å². The standard InChI is InChI=1S/C17H21N5O2S/c1-3-19-9-8-15(18)22-17-21-14(11-25-17)16(23)20-10-12-4-6-13(24-2)7-5-12/h3-4,6-9,11-12,19H,1,5,10H2,2H3,(H,20,23)(H2,18,21,22). The minimum atomic E-state index is -0.227. The summed E-state index contributed by atoms with van der Waals surface area (Å²) in [4.78, 5) is 20.5. The van der Waals surface area contributed by atoms with Crippen LogP contribution < -0.4 is 16.4 Å². The molecule has 0 radical (unpaired) electrons. The van der Waals surface area contributed by atoms with Gasteiger partial charge in [-0.25, -0.2) is 9.98 Å². The second-order valence-electron chi connectivity index (χ2n) is 5.13.